The van der Waals surface area contributed by atoms with Crippen LogP contribution in [0.4, 0.5) is 4.79 Å². The smallest absolute Gasteiger partial charge is 0.407 e. The largest absolute Gasteiger partial charge is 0.465 e. The van der Waals surface area contributed by atoms with E-state index in [4.69, 9.17) is 9.84 Å². The molecule has 1 aromatic heterocycles. The number of ether oxygens (including phenoxy) is 1. The van der Waals surface area contributed by atoms with Crippen molar-refractivity contribution in [3.05, 3.63) is 15.9 Å². The molecule has 0 saturated carbocycles. The first kappa shape index (κ1) is 12.0. The minimum atomic E-state index is -0.871. The van der Waals surface area contributed by atoms with E-state index >= 15 is 0 Å². The van der Waals surface area contributed by atoms with Crippen molar-refractivity contribution in [3.63, 3.8) is 0 Å². The monoisotopic (exact) mass is 315 g/mol. The van der Waals surface area contributed by atoms with Crippen molar-refractivity contribution in [3.8, 4) is 0 Å². The van der Waals surface area contributed by atoms with Crippen LogP contribution in [0.2, 0.25) is 0 Å². The Kier molecular flexibility index (Phi) is 3.03. The molecule has 0 bridgehead atoms. The van der Waals surface area contributed by atoms with E-state index in [1.54, 1.807) is 0 Å². The van der Waals surface area contributed by atoms with Crippen LogP contribution < -0.4 is 0 Å². The average Bonchev–Trinajstić information content (AvgIpc) is 2.97. The zero-order valence-corrected chi connectivity index (χ0v) is 11.4. The first-order valence-electron chi connectivity index (χ1n) is 5.98. The van der Waals surface area contributed by atoms with E-state index in [0.29, 0.717) is 25.7 Å². The zero-order chi connectivity index (χ0) is 12.7. The third-order valence-corrected chi connectivity index (χ3v) is 4.20. The van der Waals surface area contributed by atoms with E-state index in [-0.39, 0.29) is 0 Å². The zero-order valence-electron chi connectivity index (χ0n) is 9.80. The van der Waals surface area contributed by atoms with Gasteiger partial charge in [0, 0.05) is 30.8 Å². The summed E-state index contributed by atoms with van der Waals surface area (Å²) in [7, 11) is 0. The van der Waals surface area contributed by atoms with E-state index in [0.717, 1.165) is 35.3 Å². The van der Waals surface area contributed by atoms with Crippen LogP contribution in [0.1, 0.15) is 23.7 Å². The lowest BCUT2D eigenvalue weighted by atomic mass is 10.1. The Balaban J connectivity index is 1.92. The number of aromatic nitrogens is 2. The predicted molar refractivity (Wildman–Crippen MR) is 66.5 cm³/mol. The van der Waals surface area contributed by atoms with Crippen molar-refractivity contribution in [1.29, 1.82) is 0 Å². The molecular weight excluding hydrogens is 302 g/mol. The molecule has 6 nitrogen and oxygen atoms in total. The van der Waals surface area contributed by atoms with Crippen molar-refractivity contribution in [1.82, 2.24) is 14.7 Å². The lowest BCUT2D eigenvalue weighted by Gasteiger charge is -2.25. The summed E-state index contributed by atoms with van der Waals surface area (Å²) < 4.78 is 8.17. The minimum absolute atomic E-state index is 0.293. The Labute approximate surface area is 113 Å². The molecule has 0 spiro atoms. The molecule has 3 heterocycles. The van der Waals surface area contributed by atoms with E-state index in [2.05, 4.69) is 21.0 Å². The summed E-state index contributed by atoms with van der Waals surface area (Å²) in [5.74, 6) is 0. The molecule has 2 aliphatic rings. The summed E-state index contributed by atoms with van der Waals surface area (Å²) in [6.07, 6.45) is 0.824. The number of amides is 1. The molecule has 1 fully saturated rings. The molecule has 0 aromatic carbocycles. The average molecular weight is 316 g/mol. The van der Waals surface area contributed by atoms with Gasteiger partial charge in [0.2, 0.25) is 0 Å². The lowest BCUT2D eigenvalue weighted by molar-refractivity contribution is 0.139. The summed E-state index contributed by atoms with van der Waals surface area (Å²) in [5, 5.41) is 13.5. The maximum Gasteiger partial charge on any atom is 0.407 e. The molecule has 1 N–H and O–H groups in total. The van der Waals surface area contributed by atoms with Crippen LogP contribution >= 0.6 is 15.9 Å². The Morgan fingerprint density at radius 2 is 2.39 bits per heavy atom. The highest BCUT2D eigenvalue weighted by Gasteiger charge is 2.30. The predicted octanol–water partition coefficient (Wildman–Crippen LogP) is 1.64. The van der Waals surface area contributed by atoms with Gasteiger partial charge in [-0.1, -0.05) is 0 Å². The second-order valence-corrected chi connectivity index (χ2v) is 5.38. The quantitative estimate of drug-likeness (QED) is 0.855. The van der Waals surface area contributed by atoms with Crippen molar-refractivity contribution in [2.45, 2.75) is 25.4 Å². The van der Waals surface area contributed by atoms with Crippen molar-refractivity contribution in [2.75, 3.05) is 19.8 Å². The summed E-state index contributed by atoms with van der Waals surface area (Å²) in [4.78, 5) is 12.4. The van der Waals surface area contributed by atoms with Crippen LogP contribution in [-0.4, -0.2) is 45.6 Å². The number of hydrogen-bond acceptors (Lipinski definition) is 3. The summed E-state index contributed by atoms with van der Waals surface area (Å²) in [6.45, 7) is 2.42. The van der Waals surface area contributed by atoms with Gasteiger partial charge < -0.3 is 14.7 Å². The van der Waals surface area contributed by atoms with Crippen molar-refractivity contribution >= 4 is 22.0 Å². The van der Waals surface area contributed by atoms with Crippen LogP contribution in [-0.2, 0) is 17.7 Å². The van der Waals surface area contributed by atoms with Gasteiger partial charge in [0.15, 0.2) is 0 Å². The van der Waals surface area contributed by atoms with Crippen LogP contribution in [0.15, 0.2) is 4.60 Å². The normalized spacial score (nSPS) is 23.2. The second kappa shape index (κ2) is 4.55. The summed E-state index contributed by atoms with van der Waals surface area (Å²) >= 11 is 3.43. The third kappa shape index (κ3) is 1.91. The highest BCUT2D eigenvalue weighted by molar-refractivity contribution is 9.10. The number of carboxylic acid groups (broad SMARTS) is 1. The molecule has 1 aromatic rings. The summed E-state index contributed by atoms with van der Waals surface area (Å²) in [6, 6.07) is 0.293. The van der Waals surface area contributed by atoms with Crippen LogP contribution in [0.3, 0.4) is 0 Å². The number of rotatable bonds is 1. The van der Waals surface area contributed by atoms with Gasteiger partial charge in [-0.2, -0.15) is 5.10 Å². The number of nitrogens with zero attached hydrogens (tertiary/aromatic N) is 3. The molecule has 1 amide bonds. The highest BCUT2D eigenvalue weighted by atomic mass is 79.9. The molecule has 0 radical (unpaired) electrons. The van der Waals surface area contributed by atoms with Crippen LogP contribution in [0.25, 0.3) is 0 Å². The molecule has 18 heavy (non-hydrogen) atoms. The lowest BCUT2D eigenvalue weighted by Crippen LogP contribution is -2.35. The van der Waals surface area contributed by atoms with Crippen molar-refractivity contribution < 1.29 is 14.6 Å². The second-order valence-electron chi connectivity index (χ2n) is 4.63. The van der Waals surface area contributed by atoms with Gasteiger partial charge in [0.1, 0.15) is 4.60 Å². The number of carbonyl (C=O) groups is 1. The van der Waals surface area contributed by atoms with E-state index < -0.39 is 6.09 Å². The van der Waals surface area contributed by atoms with Gasteiger partial charge in [-0.25, -0.2) is 4.79 Å². The van der Waals surface area contributed by atoms with E-state index in [1.165, 1.54) is 4.90 Å². The minimum Gasteiger partial charge on any atom is -0.465 e. The molecule has 1 unspecified atom stereocenters. The topological polar surface area (TPSA) is 67.6 Å². The van der Waals surface area contributed by atoms with Crippen LogP contribution in [0.5, 0.6) is 0 Å². The Morgan fingerprint density at radius 1 is 1.56 bits per heavy atom. The Hall–Kier alpha value is -1.08. The van der Waals surface area contributed by atoms with Gasteiger partial charge in [-0.15, -0.1) is 0 Å². The van der Waals surface area contributed by atoms with Gasteiger partial charge in [0.05, 0.1) is 19.2 Å². The Bertz CT molecular complexity index is 482. The van der Waals surface area contributed by atoms with E-state index in [9.17, 15) is 4.79 Å². The molecule has 7 heteroatoms. The highest BCUT2D eigenvalue weighted by Crippen LogP contribution is 2.30. The number of hydrogen-bond donors (Lipinski definition) is 1. The first-order valence-corrected chi connectivity index (χ1v) is 6.77. The van der Waals surface area contributed by atoms with Gasteiger partial charge in [-0.3, -0.25) is 4.68 Å². The third-order valence-electron chi connectivity index (χ3n) is 3.56. The maximum absolute atomic E-state index is 11.0. The fraction of sp³-hybridized carbons (Fsp3) is 0.636. The summed E-state index contributed by atoms with van der Waals surface area (Å²) in [5.41, 5.74) is 2.14. The molecule has 3 rings (SSSR count). The fourth-order valence-electron chi connectivity index (χ4n) is 2.59. The van der Waals surface area contributed by atoms with Gasteiger partial charge in [-0.05, 0) is 22.4 Å². The molecular formula is C11H14BrN3O3. The molecule has 1 atom stereocenters. The maximum atomic E-state index is 11.0. The van der Waals surface area contributed by atoms with Crippen LogP contribution in [0, 0.1) is 0 Å². The number of halogens is 1. The first-order chi connectivity index (χ1) is 8.66. The fourth-order valence-corrected chi connectivity index (χ4v) is 3.11. The Morgan fingerprint density at radius 3 is 3.06 bits per heavy atom. The molecule has 98 valence electrons. The van der Waals surface area contributed by atoms with Gasteiger partial charge >= 0.3 is 6.09 Å². The van der Waals surface area contributed by atoms with Crippen molar-refractivity contribution in [2.24, 2.45) is 0 Å². The van der Waals surface area contributed by atoms with Gasteiger partial charge in [0.25, 0.3) is 0 Å². The molecule has 1 saturated heterocycles. The van der Waals surface area contributed by atoms with E-state index in [1.807, 2.05) is 4.68 Å². The standard InChI is InChI=1S/C11H14BrN3O3/c12-10-8-5-14(11(16)17)3-1-9(8)15(13-10)7-2-4-18-6-7/h7H,1-6H2,(H,16,17). The molecule has 0 aliphatic carbocycles. The molecule has 2 aliphatic heterocycles. The number of fused-ring (bicyclic) bond motifs is 1. The SMILES string of the molecule is O=C(O)N1CCc2c(c(Br)nn2C2CCOC2)C1.